The van der Waals surface area contributed by atoms with Gasteiger partial charge in [0.15, 0.2) is 0 Å². The number of fused-ring (bicyclic) bond motifs is 1. The van der Waals surface area contributed by atoms with Crippen LogP contribution in [0.3, 0.4) is 0 Å². The summed E-state index contributed by atoms with van der Waals surface area (Å²) in [6.45, 7) is 2.57. The van der Waals surface area contributed by atoms with Crippen molar-refractivity contribution >= 4 is 17.7 Å². The highest BCUT2D eigenvalue weighted by atomic mass is 16.4. The number of nitrogens with zero attached hydrogens (tertiary/aromatic N) is 1. The van der Waals surface area contributed by atoms with E-state index in [0.717, 1.165) is 24.1 Å². The highest BCUT2D eigenvalue weighted by Crippen LogP contribution is 2.24. The molecule has 0 fully saturated rings. The van der Waals surface area contributed by atoms with Crippen LogP contribution in [-0.4, -0.2) is 29.1 Å². The lowest BCUT2D eigenvalue weighted by Crippen LogP contribution is -2.35. The number of carbonyl (C=O) groups excluding carboxylic acids is 1. The summed E-state index contributed by atoms with van der Waals surface area (Å²) in [5.74, 6) is -0.571. The third-order valence-corrected chi connectivity index (χ3v) is 3.61. The van der Waals surface area contributed by atoms with Gasteiger partial charge in [0.25, 0.3) is 0 Å². The van der Waals surface area contributed by atoms with E-state index < -0.39 is 5.97 Å². The summed E-state index contributed by atoms with van der Waals surface area (Å²) in [4.78, 5) is 23.8. The monoisotopic (exact) mass is 276 g/mol. The Morgan fingerprint density at radius 1 is 1.50 bits per heavy atom. The summed E-state index contributed by atoms with van der Waals surface area (Å²) in [5, 5.41) is 11.6. The van der Waals surface area contributed by atoms with E-state index >= 15 is 0 Å². The molecule has 2 N–H and O–H groups in total. The molecule has 2 rings (SSSR count). The van der Waals surface area contributed by atoms with Gasteiger partial charge in [-0.2, -0.15) is 0 Å². The van der Waals surface area contributed by atoms with E-state index in [9.17, 15) is 9.59 Å². The van der Waals surface area contributed by atoms with Crippen molar-refractivity contribution < 1.29 is 14.7 Å². The quantitative estimate of drug-likeness (QED) is 0.868. The van der Waals surface area contributed by atoms with E-state index in [1.807, 2.05) is 19.1 Å². The van der Waals surface area contributed by atoms with Crippen molar-refractivity contribution in [1.82, 2.24) is 4.90 Å². The lowest BCUT2D eigenvalue weighted by molar-refractivity contribution is -0.138. The standard InChI is InChI=1S/C15H20N2O3/c1-10(7-14(18)19)3-4-11-5-6-13-12(8-11)9-17(2)15(20)16-13/h5-6,8,10H,3-4,7,9H2,1-2H3,(H,16,20)(H,18,19). The summed E-state index contributed by atoms with van der Waals surface area (Å²) < 4.78 is 0. The van der Waals surface area contributed by atoms with Crippen molar-refractivity contribution in [2.75, 3.05) is 12.4 Å². The van der Waals surface area contributed by atoms with Crippen LogP contribution in [0, 0.1) is 5.92 Å². The van der Waals surface area contributed by atoms with Crippen LogP contribution >= 0.6 is 0 Å². The fourth-order valence-electron chi connectivity index (χ4n) is 2.41. The summed E-state index contributed by atoms with van der Waals surface area (Å²) in [7, 11) is 1.76. The minimum absolute atomic E-state index is 0.0830. The lowest BCUT2D eigenvalue weighted by Gasteiger charge is -2.26. The molecule has 5 nitrogen and oxygen atoms in total. The molecule has 1 aromatic rings. The van der Waals surface area contributed by atoms with Crippen LogP contribution in [0.5, 0.6) is 0 Å². The molecular formula is C15H20N2O3. The minimum atomic E-state index is -0.743. The van der Waals surface area contributed by atoms with Gasteiger partial charge in [-0.25, -0.2) is 4.79 Å². The van der Waals surface area contributed by atoms with Crippen LogP contribution in [0.15, 0.2) is 18.2 Å². The van der Waals surface area contributed by atoms with Gasteiger partial charge in [0, 0.05) is 25.7 Å². The van der Waals surface area contributed by atoms with Gasteiger partial charge in [-0.1, -0.05) is 19.1 Å². The molecule has 0 saturated heterocycles. The fourth-order valence-corrected chi connectivity index (χ4v) is 2.41. The average molecular weight is 276 g/mol. The SMILES string of the molecule is CC(CCc1ccc2c(c1)CN(C)C(=O)N2)CC(=O)O. The Morgan fingerprint density at radius 3 is 2.95 bits per heavy atom. The molecule has 2 amide bonds. The van der Waals surface area contributed by atoms with Gasteiger partial charge in [0.1, 0.15) is 0 Å². The molecule has 1 aliphatic heterocycles. The number of hydrogen-bond donors (Lipinski definition) is 2. The number of anilines is 1. The van der Waals surface area contributed by atoms with E-state index in [1.165, 1.54) is 5.56 Å². The second-order valence-electron chi connectivity index (χ2n) is 5.52. The number of aryl methyl sites for hydroxylation is 1. The average Bonchev–Trinajstić information content (AvgIpc) is 2.37. The topological polar surface area (TPSA) is 69.6 Å². The summed E-state index contributed by atoms with van der Waals surface area (Å²) in [5.41, 5.74) is 3.16. The van der Waals surface area contributed by atoms with Crippen molar-refractivity contribution in [2.24, 2.45) is 5.92 Å². The summed E-state index contributed by atoms with van der Waals surface area (Å²) in [6, 6.07) is 5.94. The Kier molecular flexibility index (Phi) is 4.27. The highest BCUT2D eigenvalue weighted by molar-refractivity contribution is 5.92. The van der Waals surface area contributed by atoms with Gasteiger partial charge in [0.05, 0.1) is 0 Å². The largest absolute Gasteiger partial charge is 0.481 e. The van der Waals surface area contributed by atoms with Gasteiger partial charge < -0.3 is 15.3 Å². The molecular weight excluding hydrogens is 256 g/mol. The number of carbonyl (C=O) groups is 2. The van der Waals surface area contributed by atoms with Crippen LogP contribution in [0.25, 0.3) is 0 Å². The van der Waals surface area contributed by atoms with Crippen LogP contribution < -0.4 is 5.32 Å². The first kappa shape index (κ1) is 14.4. The lowest BCUT2D eigenvalue weighted by atomic mass is 9.96. The van der Waals surface area contributed by atoms with Crippen LogP contribution in [0.2, 0.25) is 0 Å². The van der Waals surface area contributed by atoms with Gasteiger partial charge in [-0.05, 0) is 36.0 Å². The minimum Gasteiger partial charge on any atom is -0.481 e. The smallest absolute Gasteiger partial charge is 0.321 e. The molecule has 1 heterocycles. The molecule has 20 heavy (non-hydrogen) atoms. The van der Waals surface area contributed by atoms with Gasteiger partial charge in [0.2, 0.25) is 0 Å². The Morgan fingerprint density at radius 2 is 2.25 bits per heavy atom. The van der Waals surface area contributed by atoms with Gasteiger partial charge in [-0.15, -0.1) is 0 Å². The molecule has 0 saturated carbocycles. The third-order valence-electron chi connectivity index (χ3n) is 3.61. The van der Waals surface area contributed by atoms with E-state index in [2.05, 4.69) is 11.4 Å². The third kappa shape index (κ3) is 3.50. The Bertz CT molecular complexity index is 528. The van der Waals surface area contributed by atoms with Gasteiger partial charge >= 0.3 is 12.0 Å². The van der Waals surface area contributed by atoms with Crippen LogP contribution in [0.1, 0.15) is 30.9 Å². The summed E-state index contributed by atoms with van der Waals surface area (Å²) in [6.07, 6.45) is 1.93. The van der Waals surface area contributed by atoms with Crippen molar-refractivity contribution in [3.05, 3.63) is 29.3 Å². The first-order valence-electron chi connectivity index (χ1n) is 6.81. The number of carboxylic acid groups (broad SMARTS) is 1. The number of urea groups is 1. The molecule has 1 unspecified atom stereocenters. The molecule has 0 aromatic heterocycles. The van der Waals surface area contributed by atoms with E-state index in [-0.39, 0.29) is 18.4 Å². The zero-order valence-corrected chi connectivity index (χ0v) is 11.8. The second kappa shape index (κ2) is 5.94. The molecule has 1 atom stereocenters. The molecule has 108 valence electrons. The van der Waals surface area contributed by atoms with Crippen molar-refractivity contribution in [3.8, 4) is 0 Å². The molecule has 5 heteroatoms. The molecule has 0 spiro atoms. The highest BCUT2D eigenvalue weighted by Gasteiger charge is 2.19. The number of amides is 2. The molecule has 0 radical (unpaired) electrons. The Hall–Kier alpha value is -2.04. The molecule has 0 bridgehead atoms. The van der Waals surface area contributed by atoms with Crippen LogP contribution in [-0.2, 0) is 17.8 Å². The number of aliphatic carboxylic acids is 1. The normalized spacial score (nSPS) is 15.5. The van der Waals surface area contributed by atoms with Crippen molar-refractivity contribution in [2.45, 2.75) is 32.7 Å². The number of nitrogens with one attached hydrogen (secondary N) is 1. The van der Waals surface area contributed by atoms with E-state index in [0.29, 0.717) is 6.54 Å². The number of rotatable bonds is 5. The zero-order chi connectivity index (χ0) is 14.7. The maximum Gasteiger partial charge on any atom is 0.321 e. The van der Waals surface area contributed by atoms with Crippen LogP contribution in [0.4, 0.5) is 10.5 Å². The predicted molar refractivity (Wildman–Crippen MR) is 76.7 cm³/mol. The predicted octanol–water partition coefficient (Wildman–Crippen LogP) is 2.71. The van der Waals surface area contributed by atoms with Gasteiger partial charge in [-0.3, -0.25) is 4.79 Å². The van der Waals surface area contributed by atoms with Crippen molar-refractivity contribution in [1.29, 1.82) is 0 Å². The van der Waals surface area contributed by atoms with E-state index in [1.54, 1.807) is 11.9 Å². The number of benzene rings is 1. The Balaban J connectivity index is 1.99. The van der Waals surface area contributed by atoms with E-state index in [4.69, 9.17) is 5.11 Å². The molecule has 1 aliphatic rings. The number of hydrogen-bond acceptors (Lipinski definition) is 2. The fraction of sp³-hybridized carbons (Fsp3) is 0.467. The molecule has 1 aromatic carbocycles. The maximum absolute atomic E-state index is 11.5. The molecule has 0 aliphatic carbocycles. The first-order valence-corrected chi connectivity index (χ1v) is 6.81. The Labute approximate surface area is 118 Å². The first-order chi connectivity index (χ1) is 9.45. The second-order valence-corrected chi connectivity index (χ2v) is 5.52. The number of carboxylic acids is 1. The summed E-state index contributed by atoms with van der Waals surface area (Å²) >= 11 is 0. The zero-order valence-electron chi connectivity index (χ0n) is 11.8. The van der Waals surface area contributed by atoms with Crippen molar-refractivity contribution in [3.63, 3.8) is 0 Å². The maximum atomic E-state index is 11.5.